The van der Waals surface area contributed by atoms with Crippen molar-refractivity contribution in [2.45, 2.75) is 26.7 Å². The van der Waals surface area contributed by atoms with Crippen LogP contribution < -0.4 is 4.90 Å². The van der Waals surface area contributed by atoms with Gasteiger partial charge >= 0.3 is 0 Å². The number of pyridine rings is 1. The monoisotopic (exact) mass is 312 g/mol. The van der Waals surface area contributed by atoms with Gasteiger partial charge in [0.2, 0.25) is 0 Å². The van der Waals surface area contributed by atoms with Crippen LogP contribution in [0.25, 0.3) is 11.4 Å². The number of aryl methyl sites for hydroxylation is 1. The normalized spacial score (nSPS) is 15.9. The van der Waals surface area contributed by atoms with Gasteiger partial charge in [-0.3, -0.25) is 4.98 Å². The molecule has 0 saturated carbocycles. The van der Waals surface area contributed by atoms with Crippen LogP contribution in [0.2, 0.25) is 0 Å². The molecule has 5 heteroatoms. The second-order valence-electron chi connectivity index (χ2n) is 6.21. The molecule has 1 saturated heterocycles. The smallest absolute Gasteiger partial charge is 0.163 e. The summed E-state index contributed by atoms with van der Waals surface area (Å²) in [5, 5.41) is 0. The molecule has 3 heterocycles. The molecule has 1 aliphatic heterocycles. The minimum Gasteiger partial charge on any atom is -0.384 e. The average Bonchev–Trinajstić information content (AvgIpc) is 2.59. The zero-order valence-corrected chi connectivity index (χ0v) is 14.1. The van der Waals surface area contributed by atoms with Crippen LogP contribution in [0.5, 0.6) is 0 Å². The SMILES string of the molecule is COCC1CCN(c2nc(-c3cccnc3)nc(C)c2C)CC1. The molecule has 23 heavy (non-hydrogen) atoms. The number of rotatable bonds is 4. The molecule has 0 unspecified atom stereocenters. The molecule has 0 bridgehead atoms. The minimum absolute atomic E-state index is 0.664. The molecule has 122 valence electrons. The Hall–Kier alpha value is -2.01. The van der Waals surface area contributed by atoms with Crippen LogP contribution in [0.1, 0.15) is 24.1 Å². The lowest BCUT2D eigenvalue weighted by Crippen LogP contribution is -2.36. The van der Waals surface area contributed by atoms with Gasteiger partial charge in [-0.15, -0.1) is 0 Å². The predicted octanol–water partition coefficient (Wildman–Crippen LogP) is 3.02. The van der Waals surface area contributed by atoms with E-state index in [-0.39, 0.29) is 0 Å². The Bertz CT molecular complexity index is 652. The number of hydrogen-bond acceptors (Lipinski definition) is 5. The third kappa shape index (κ3) is 3.50. The number of ether oxygens (including phenoxy) is 1. The van der Waals surface area contributed by atoms with Crippen LogP contribution >= 0.6 is 0 Å². The van der Waals surface area contributed by atoms with Crippen molar-refractivity contribution >= 4 is 5.82 Å². The van der Waals surface area contributed by atoms with Crippen molar-refractivity contribution in [3.05, 3.63) is 35.8 Å². The predicted molar refractivity (Wildman–Crippen MR) is 91.6 cm³/mol. The van der Waals surface area contributed by atoms with Crippen molar-refractivity contribution in [2.24, 2.45) is 5.92 Å². The van der Waals surface area contributed by atoms with Gasteiger partial charge in [-0.25, -0.2) is 9.97 Å². The lowest BCUT2D eigenvalue weighted by atomic mass is 9.97. The Morgan fingerprint density at radius 3 is 2.65 bits per heavy atom. The van der Waals surface area contributed by atoms with Crippen LogP contribution in [0.4, 0.5) is 5.82 Å². The van der Waals surface area contributed by atoms with Crippen LogP contribution in [0.15, 0.2) is 24.5 Å². The quantitative estimate of drug-likeness (QED) is 0.868. The minimum atomic E-state index is 0.664. The first-order chi connectivity index (χ1) is 11.2. The zero-order valence-electron chi connectivity index (χ0n) is 14.1. The molecule has 3 rings (SSSR count). The largest absolute Gasteiger partial charge is 0.384 e. The summed E-state index contributed by atoms with van der Waals surface area (Å²) in [6.07, 6.45) is 5.89. The fourth-order valence-corrected chi connectivity index (χ4v) is 3.09. The maximum Gasteiger partial charge on any atom is 0.163 e. The summed E-state index contributed by atoms with van der Waals surface area (Å²) < 4.78 is 5.29. The van der Waals surface area contributed by atoms with Crippen LogP contribution in [-0.2, 0) is 4.74 Å². The number of nitrogens with zero attached hydrogens (tertiary/aromatic N) is 4. The summed E-state index contributed by atoms with van der Waals surface area (Å²) in [6.45, 7) is 7.07. The van der Waals surface area contributed by atoms with Gasteiger partial charge in [0.15, 0.2) is 5.82 Å². The maximum absolute atomic E-state index is 5.29. The number of aromatic nitrogens is 3. The molecule has 2 aromatic rings. The Kier molecular flexibility index (Phi) is 4.86. The van der Waals surface area contributed by atoms with Gasteiger partial charge in [-0.2, -0.15) is 0 Å². The molecule has 5 nitrogen and oxygen atoms in total. The molecule has 2 aromatic heterocycles. The lowest BCUT2D eigenvalue weighted by molar-refractivity contribution is 0.139. The highest BCUT2D eigenvalue weighted by atomic mass is 16.5. The van der Waals surface area contributed by atoms with Crippen molar-refractivity contribution in [3.63, 3.8) is 0 Å². The fourth-order valence-electron chi connectivity index (χ4n) is 3.09. The number of piperidine rings is 1. The maximum atomic E-state index is 5.29. The molecular formula is C18H24N4O. The molecule has 0 atom stereocenters. The van der Waals surface area contributed by atoms with E-state index in [1.165, 1.54) is 5.56 Å². The van der Waals surface area contributed by atoms with E-state index in [1.807, 2.05) is 18.3 Å². The third-order valence-corrected chi connectivity index (χ3v) is 4.60. The van der Waals surface area contributed by atoms with Gasteiger partial charge in [0, 0.05) is 56.0 Å². The van der Waals surface area contributed by atoms with Crippen molar-refractivity contribution in [3.8, 4) is 11.4 Å². The van der Waals surface area contributed by atoms with E-state index in [0.717, 1.165) is 55.4 Å². The van der Waals surface area contributed by atoms with Gasteiger partial charge in [0.1, 0.15) is 5.82 Å². The number of methoxy groups -OCH3 is 1. The summed E-state index contributed by atoms with van der Waals surface area (Å²) >= 11 is 0. The average molecular weight is 312 g/mol. The molecular weight excluding hydrogens is 288 g/mol. The molecule has 0 radical (unpaired) electrons. The molecule has 0 spiro atoms. The van der Waals surface area contributed by atoms with Crippen molar-refractivity contribution in [1.82, 2.24) is 15.0 Å². The van der Waals surface area contributed by atoms with Gasteiger partial charge in [-0.05, 0) is 44.7 Å². The molecule has 0 amide bonds. The van der Waals surface area contributed by atoms with E-state index in [9.17, 15) is 0 Å². The topological polar surface area (TPSA) is 51.1 Å². The summed E-state index contributed by atoms with van der Waals surface area (Å²) in [7, 11) is 1.78. The number of anilines is 1. The van der Waals surface area contributed by atoms with E-state index in [2.05, 4.69) is 28.7 Å². The Balaban J connectivity index is 1.86. The van der Waals surface area contributed by atoms with Crippen molar-refractivity contribution < 1.29 is 4.74 Å². The standard InChI is InChI=1S/C18H24N4O/c1-13-14(2)20-17(16-5-4-8-19-11-16)21-18(13)22-9-6-15(7-10-22)12-23-3/h4-5,8,11,15H,6-7,9-10,12H2,1-3H3. The molecule has 1 aliphatic rings. The first-order valence-electron chi connectivity index (χ1n) is 8.18. The van der Waals surface area contributed by atoms with E-state index in [4.69, 9.17) is 9.72 Å². The summed E-state index contributed by atoms with van der Waals surface area (Å²) in [5.74, 6) is 2.49. The third-order valence-electron chi connectivity index (χ3n) is 4.60. The fraction of sp³-hybridized carbons (Fsp3) is 0.500. The molecule has 1 fully saturated rings. The second-order valence-corrected chi connectivity index (χ2v) is 6.21. The van der Waals surface area contributed by atoms with Crippen molar-refractivity contribution in [1.29, 1.82) is 0 Å². The Labute approximate surface area is 137 Å². The van der Waals surface area contributed by atoms with Crippen LogP contribution in [0, 0.1) is 19.8 Å². The first kappa shape index (κ1) is 15.9. The van der Waals surface area contributed by atoms with E-state index >= 15 is 0 Å². The van der Waals surface area contributed by atoms with Gasteiger partial charge in [0.25, 0.3) is 0 Å². The van der Waals surface area contributed by atoms with Gasteiger partial charge in [0.05, 0.1) is 0 Å². The Morgan fingerprint density at radius 1 is 1.22 bits per heavy atom. The van der Waals surface area contributed by atoms with E-state index < -0.39 is 0 Å². The summed E-state index contributed by atoms with van der Waals surface area (Å²) in [5.41, 5.74) is 3.17. The number of hydrogen-bond donors (Lipinski definition) is 0. The highest BCUT2D eigenvalue weighted by Crippen LogP contribution is 2.28. The lowest BCUT2D eigenvalue weighted by Gasteiger charge is -2.33. The first-order valence-corrected chi connectivity index (χ1v) is 8.18. The Morgan fingerprint density at radius 2 is 2.00 bits per heavy atom. The summed E-state index contributed by atoms with van der Waals surface area (Å²) in [4.78, 5) is 16.0. The molecule has 0 aliphatic carbocycles. The van der Waals surface area contributed by atoms with E-state index in [0.29, 0.717) is 5.92 Å². The highest BCUT2D eigenvalue weighted by molar-refractivity contribution is 5.59. The summed E-state index contributed by atoms with van der Waals surface area (Å²) in [6, 6.07) is 3.93. The molecule has 0 N–H and O–H groups in total. The zero-order chi connectivity index (χ0) is 16.2. The van der Waals surface area contributed by atoms with Gasteiger partial charge < -0.3 is 9.64 Å². The van der Waals surface area contributed by atoms with Crippen LogP contribution in [-0.4, -0.2) is 41.8 Å². The second kappa shape index (κ2) is 7.04. The highest BCUT2D eigenvalue weighted by Gasteiger charge is 2.22. The molecule has 0 aromatic carbocycles. The van der Waals surface area contributed by atoms with Crippen molar-refractivity contribution in [2.75, 3.05) is 31.7 Å². The van der Waals surface area contributed by atoms with E-state index in [1.54, 1.807) is 13.3 Å². The van der Waals surface area contributed by atoms with Crippen LogP contribution in [0.3, 0.4) is 0 Å². The van der Waals surface area contributed by atoms with Gasteiger partial charge in [-0.1, -0.05) is 0 Å².